The normalized spacial score (nSPS) is 21.8. The second kappa shape index (κ2) is 6.20. The molecule has 2 rings (SSSR count). The number of nitrogens with one attached hydrogen (secondary N) is 2. The van der Waals surface area contributed by atoms with Crippen molar-refractivity contribution in [2.24, 2.45) is 11.8 Å². The highest BCUT2D eigenvalue weighted by Crippen LogP contribution is 2.29. The first kappa shape index (κ1) is 14.8. The van der Waals surface area contributed by atoms with Gasteiger partial charge in [-0.1, -0.05) is 13.3 Å². The highest BCUT2D eigenvalue weighted by atomic mass is 19.1. The van der Waals surface area contributed by atoms with Crippen molar-refractivity contribution in [2.75, 3.05) is 18.9 Å². The molecule has 2 atom stereocenters. The first-order valence-corrected chi connectivity index (χ1v) is 6.96. The van der Waals surface area contributed by atoms with Gasteiger partial charge in [0.1, 0.15) is 17.3 Å². The van der Waals surface area contributed by atoms with E-state index in [0.29, 0.717) is 18.4 Å². The molecule has 0 heterocycles. The van der Waals surface area contributed by atoms with Gasteiger partial charge in [-0.05, 0) is 36.8 Å². The van der Waals surface area contributed by atoms with Gasteiger partial charge in [-0.15, -0.1) is 0 Å². The Morgan fingerprint density at radius 3 is 2.45 bits per heavy atom. The summed E-state index contributed by atoms with van der Waals surface area (Å²) in [6.45, 7) is 2.77. The molecule has 1 aliphatic carbocycles. The van der Waals surface area contributed by atoms with E-state index in [0.717, 1.165) is 25.0 Å². The van der Waals surface area contributed by atoms with Crippen molar-refractivity contribution >= 4 is 11.6 Å². The molecule has 2 unspecified atom stereocenters. The van der Waals surface area contributed by atoms with Gasteiger partial charge < -0.3 is 10.6 Å². The number of carbonyl (C=O) groups excluding carboxylic acids is 1. The standard InChI is InChI=1S/C15H20F2N2O/c1-9-3-4-10(5-9)8-19-15(20)11-6-12(16)14(18-2)13(17)7-11/h6-7,9-10,18H,3-5,8H2,1-2H3,(H,19,20). The molecule has 0 aliphatic heterocycles. The van der Waals surface area contributed by atoms with Crippen molar-refractivity contribution in [2.45, 2.75) is 26.2 Å². The van der Waals surface area contributed by atoms with Crippen LogP contribution in [0, 0.1) is 23.5 Å². The largest absolute Gasteiger partial charge is 0.383 e. The van der Waals surface area contributed by atoms with E-state index < -0.39 is 17.5 Å². The van der Waals surface area contributed by atoms with Crippen molar-refractivity contribution in [1.29, 1.82) is 0 Å². The summed E-state index contributed by atoms with van der Waals surface area (Å²) in [5, 5.41) is 5.19. The monoisotopic (exact) mass is 282 g/mol. The predicted molar refractivity (Wildman–Crippen MR) is 74.7 cm³/mol. The van der Waals surface area contributed by atoms with Crippen LogP contribution in [0.25, 0.3) is 0 Å². The first-order valence-electron chi connectivity index (χ1n) is 6.96. The summed E-state index contributed by atoms with van der Waals surface area (Å²) in [6, 6.07) is 2.11. The van der Waals surface area contributed by atoms with Gasteiger partial charge in [0, 0.05) is 19.2 Å². The molecule has 1 fully saturated rings. The lowest BCUT2D eigenvalue weighted by molar-refractivity contribution is 0.0946. The Balaban J connectivity index is 1.99. The molecule has 3 nitrogen and oxygen atoms in total. The Hall–Kier alpha value is -1.65. The quantitative estimate of drug-likeness (QED) is 0.890. The summed E-state index contributed by atoms with van der Waals surface area (Å²) in [7, 11) is 1.43. The summed E-state index contributed by atoms with van der Waals surface area (Å²) in [5.74, 6) is -0.772. The van der Waals surface area contributed by atoms with Gasteiger partial charge in [0.15, 0.2) is 0 Å². The molecule has 0 aromatic heterocycles. The molecule has 1 aromatic rings. The van der Waals surface area contributed by atoms with E-state index in [1.807, 2.05) is 0 Å². The summed E-state index contributed by atoms with van der Waals surface area (Å²) in [6.07, 6.45) is 3.38. The van der Waals surface area contributed by atoms with Crippen molar-refractivity contribution in [3.05, 3.63) is 29.3 Å². The average molecular weight is 282 g/mol. The van der Waals surface area contributed by atoms with E-state index in [1.165, 1.54) is 13.5 Å². The van der Waals surface area contributed by atoms with Crippen LogP contribution in [0.15, 0.2) is 12.1 Å². The van der Waals surface area contributed by atoms with Crippen LogP contribution in [0.4, 0.5) is 14.5 Å². The highest BCUT2D eigenvalue weighted by Gasteiger charge is 2.22. The van der Waals surface area contributed by atoms with Crippen LogP contribution in [0.1, 0.15) is 36.5 Å². The molecule has 2 N–H and O–H groups in total. The lowest BCUT2D eigenvalue weighted by Gasteiger charge is -2.12. The minimum absolute atomic E-state index is 0.0186. The highest BCUT2D eigenvalue weighted by molar-refractivity contribution is 5.94. The fourth-order valence-corrected chi connectivity index (χ4v) is 2.79. The lowest BCUT2D eigenvalue weighted by atomic mass is 10.1. The Morgan fingerprint density at radius 1 is 1.30 bits per heavy atom. The minimum atomic E-state index is -0.757. The SMILES string of the molecule is CNc1c(F)cc(C(=O)NCC2CCC(C)C2)cc1F. The van der Waals surface area contributed by atoms with Crippen molar-refractivity contribution in [3.8, 4) is 0 Å². The predicted octanol–water partition coefficient (Wildman–Crippen LogP) is 3.17. The van der Waals surface area contributed by atoms with Gasteiger partial charge in [0.2, 0.25) is 0 Å². The van der Waals surface area contributed by atoms with Crippen molar-refractivity contribution in [3.63, 3.8) is 0 Å². The molecule has 0 spiro atoms. The maximum atomic E-state index is 13.6. The van der Waals surface area contributed by atoms with Crippen LogP contribution in [-0.2, 0) is 0 Å². The van der Waals surface area contributed by atoms with Gasteiger partial charge in [-0.25, -0.2) is 8.78 Å². The second-order valence-electron chi connectivity index (χ2n) is 5.56. The number of hydrogen-bond acceptors (Lipinski definition) is 2. The Kier molecular flexibility index (Phi) is 4.57. The molecule has 5 heteroatoms. The van der Waals surface area contributed by atoms with Crippen LogP contribution < -0.4 is 10.6 Å². The van der Waals surface area contributed by atoms with Crippen LogP contribution >= 0.6 is 0 Å². The Morgan fingerprint density at radius 2 is 1.95 bits per heavy atom. The minimum Gasteiger partial charge on any atom is -0.383 e. The van der Waals surface area contributed by atoms with E-state index >= 15 is 0 Å². The number of rotatable bonds is 4. The fraction of sp³-hybridized carbons (Fsp3) is 0.533. The van der Waals surface area contributed by atoms with Gasteiger partial charge in [0.05, 0.1) is 0 Å². The Labute approximate surface area is 117 Å². The molecule has 0 radical (unpaired) electrons. The smallest absolute Gasteiger partial charge is 0.251 e. The summed E-state index contributed by atoms with van der Waals surface area (Å²) >= 11 is 0. The van der Waals surface area contributed by atoms with E-state index in [1.54, 1.807) is 0 Å². The first-order chi connectivity index (χ1) is 9.51. The number of benzene rings is 1. The van der Waals surface area contributed by atoms with Crippen molar-refractivity contribution in [1.82, 2.24) is 5.32 Å². The zero-order valence-corrected chi connectivity index (χ0v) is 11.8. The molecule has 20 heavy (non-hydrogen) atoms. The molecular formula is C15H20F2N2O. The second-order valence-corrected chi connectivity index (χ2v) is 5.56. The number of anilines is 1. The molecule has 1 amide bonds. The summed E-state index contributed by atoms with van der Waals surface area (Å²) in [4.78, 5) is 11.9. The molecule has 1 saturated carbocycles. The maximum absolute atomic E-state index is 13.6. The van der Waals surface area contributed by atoms with Crippen LogP contribution in [0.5, 0.6) is 0 Å². The molecule has 0 bridgehead atoms. The molecule has 0 saturated heterocycles. The van der Waals surface area contributed by atoms with Crippen LogP contribution in [0.3, 0.4) is 0 Å². The number of carbonyl (C=O) groups is 1. The summed E-state index contributed by atoms with van der Waals surface area (Å²) < 4.78 is 27.2. The van der Waals surface area contributed by atoms with Crippen LogP contribution in [-0.4, -0.2) is 19.5 Å². The van der Waals surface area contributed by atoms with E-state index in [4.69, 9.17) is 0 Å². The topological polar surface area (TPSA) is 41.1 Å². The van der Waals surface area contributed by atoms with E-state index in [9.17, 15) is 13.6 Å². The zero-order chi connectivity index (χ0) is 14.7. The zero-order valence-electron chi connectivity index (χ0n) is 11.8. The summed E-state index contributed by atoms with van der Waals surface area (Å²) in [5.41, 5.74) is -0.198. The number of hydrogen-bond donors (Lipinski definition) is 2. The van der Waals surface area contributed by atoms with E-state index in [-0.39, 0.29) is 11.3 Å². The fourth-order valence-electron chi connectivity index (χ4n) is 2.79. The van der Waals surface area contributed by atoms with Crippen LogP contribution in [0.2, 0.25) is 0 Å². The average Bonchev–Trinajstić information content (AvgIpc) is 2.81. The van der Waals surface area contributed by atoms with Gasteiger partial charge in [0.25, 0.3) is 5.91 Å². The Bertz CT molecular complexity index is 482. The lowest BCUT2D eigenvalue weighted by Crippen LogP contribution is -2.28. The molecule has 1 aliphatic rings. The number of amides is 1. The third kappa shape index (κ3) is 3.26. The van der Waals surface area contributed by atoms with Crippen molar-refractivity contribution < 1.29 is 13.6 Å². The third-order valence-electron chi connectivity index (χ3n) is 3.91. The van der Waals surface area contributed by atoms with E-state index in [2.05, 4.69) is 17.6 Å². The maximum Gasteiger partial charge on any atom is 0.251 e. The van der Waals surface area contributed by atoms with Gasteiger partial charge in [-0.2, -0.15) is 0 Å². The molecule has 1 aromatic carbocycles. The molecule has 110 valence electrons. The number of halogens is 2. The van der Waals surface area contributed by atoms with Gasteiger partial charge >= 0.3 is 0 Å². The molecular weight excluding hydrogens is 262 g/mol. The third-order valence-corrected chi connectivity index (χ3v) is 3.91. The van der Waals surface area contributed by atoms with Gasteiger partial charge in [-0.3, -0.25) is 4.79 Å².